The monoisotopic (exact) mass is 374 g/mol. The van der Waals surface area contributed by atoms with Gasteiger partial charge in [0, 0.05) is 25.7 Å². The Kier molecular flexibility index (Phi) is 6.56. The van der Waals surface area contributed by atoms with Gasteiger partial charge in [0.2, 0.25) is 15.9 Å². The Morgan fingerprint density at radius 1 is 1.08 bits per heavy atom. The lowest BCUT2D eigenvalue weighted by Gasteiger charge is -2.22. The summed E-state index contributed by atoms with van der Waals surface area (Å²) in [6.07, 6.45) is 0.927. The summed E-state index contributed by atoms with van der Waals surface area (Å²) in [5.41, 5.74) is 3.67. The van der Waals surface area contributed by atoms with Crippen molar-refractivity contribution < 1.29 is 13.2 Å². The first-order valence-electron chi connectivity index (χ1n) is 8.68. The Hall–Kier alpha value is -2.18. The van der Waals surface area contributed by atoms with Gasteiger partial charge in [0.25, 0.3) is 0 Å². The second kappa shape index (κ2) is 8.47. The number of aryl methyl sites for hydroxylation is 3. The van der Waals surface area contributed by atoms with E-state index in [4.69, 9.17) is 0 Å². The van der Waals surface area contributed by atoms with E-state index in [1.54, 1.807) is 24.0 Å². The first-order valence-corrected chi connectivity index (χ1v) is 10.2. The molecule has 0 unspecified atom stereocenters. The summed E-state index contributed by atoms with van der Waals surface area (Å²) in [7, 11) is -3.61. The second-order valence-corrected chi connectivity index (χ2v) is 8.09. The van der Waals surface area contributed by atoms with Gasteiger partial charge in [-0.15, -0.1) is 0 Å². The average molecular weight is 375 g/mol. The zero-order valence-electron chi connectivity index (χ0n) is 15.7. The molecule has 0 radical (unpaired) electrons. The number of carbonyl (C=O) groups is 1. The molecule has 0 atom stereocenters. The highest BCUT2D eigenvalue weighted by Crippen LogP contribution is 2.17. The molecule has 2 aromatic carbocycles. The topological polar surface area (TPSA) is 66.5 Å². The van der Waals surface area contributed by atoms with E-state index in [9.17, 15) is 13.2 Å². The van der Waals surface area contributed by atoms with Gasteiger partial charge in [-0.05, 0) is 49.6 Å². The van der Waals surface area contributed by atoms with Crippen LogP contribution in [0.2, 0.25) is 0 Å². The minimum absolute atomic E-state index is 0.125. The summed E-state index contributed by atoms with van der Waals surface area (Å²) < 4.78 is 27.6. The maximum atomic E-state index is 12.5. The van der Waals surface area contributed by atoms with Crippen molar-refractivity contribution in [2.75, 3.05) is 18.0 Å². The Labute approximate surface area is 156 Å². The number of benzene rings is 2. The predicted molar refractivity (Wildman–Crippen MR) is 105 cm³/mol. The van der Waals surface area contributed by atoms with Crippen LogP contribution >= 0.6 is 0 Å². The molecule has 0 saturated heterocycles. The number of anilines is 1. The highest BCUT2D eigenvalue weighted by Gasteiger charge is 2.18. The van der Waals surface area contributed by atoms with Gasteiger partial charge in [0.1, 0.15) is 0 Å². The van der Waals surface area contributed by atoms with Crippen molar-refractivity contribution in [2.24, 2.45) is 0 Å². The van der Waals surface area contributed by atoms with Gasteiger partial charge < -0.3 is 4.90 Å². The van der Waals surface area contributed by atoms with Crippen molar-refractivity contribution in [3.63, 3.8) is 0 Å². The quantitative estimate of drug-likeness (QED) is 0.809. The zero-order valence-corrected chi connectivity index (χ0v) is 16.6. The molecule has 5 nitrogen and oxygen atoms in total. The minimum atomic E-state index is -3.61. The fourth-order valence-electron chi connectivity index (χ4n) is 2.85. The van der Waals surface area contributed by atoms with Crippen LogP contribution in [-0.4, -0.2) is 27.4 Å². The molecule has 1 amide bonds. The van der Waals surface area contributed by atoms with Crippen LogP contribution < -0.4 is 9.62 Å². The van der Waals surface area contributed by atoms with Crippen molar-refractivity contribution in [3.8, 4) is 0 Å². The lowest BCUT2D eigenvalue weighted by Crippen LogP contribution is -2.37. The standard InChI is InChI=1S/C20H26N2O3S/c1-5-18-7-9-19(10-8-18)22(17(4)23)13-12-21-26(24,25)20-11-6-15(2)14-16(20)3/h6-11,14,21H,5,12-13H2,1-4H3. The Bertz CT molecular complexity index is 874. The molecule has 26 heavy (non-hydrogen) atoms. The van der Waals surface area contributed by atoms with E-state index in [0.29, 0.717) is 5.56 Å². The smallest absolute Gasteiger partial charge is 0.240 e. The summed E-state index contributed by atoms with van der Waals surface area (Å²) in [5.74, 6) is -0.125. The summed E-state index contributed by atoms with van der Waals surface area (Å²) in [4.78, 5) is 13.8. The summed E-state index contributed by atoms with van der Waals surface area (Å²) in [6, 6.07) is 13.0. The number of nitrogens with zero attached hydrogens (tertiary/aromatic N) is 1. The number of hydrogen-bond acceptors (Lipinski definition) is 3. The Balaban J connectivity index is 2.08. The van der Waals surface area contributed by atoms with Gasteiger partial charge in [-0.3, -0.25) is 4.79 Å². The van der Waals surface area contributed by atoms with E-state index >= 15 is 0 Å². The number of rotatable bonds is 7. The van der Waals surface area contributed by atoms with Crippen LogP contribution in [0.1, 0.15) is 30.5 Å². The number of amides is 1. The molecule has 0 aliphatic heterocycles. The van der Waals surface area contributed by atoms with Crippen LogP contribution in [0.25, 0.3) is 0 Å². The van der Waals surface area contributed by atoms with Crippen LogP contribution in [0.4, 0.5) is 5.69 Å². The molecule has 0 bridgehead atoms. The predicted octanol–water partition coefficient (Wildman–Crippen LogP) is 3.20. The van der Waals surface area contributed by atoms with Gasteiger partial charge in [-0.2, -0.15) is 0 Å². The molecule has 6 heteroatoms. The number of sulfonamides is 1. The zero-order chi connectivity index (χ0) is 19.3. The third kappa shape index (κ3) is 4.93. The van der Waals surface area contributed by atoms with Gasteiger partial charge >= 0.3 is 0 Å². The third-order valence-corrected chi connectivity index (χ3v) is 5.91. The van der Waals surface area contributed by atoms with E-state index in [1.807, 2.05) is 37.3 Å². The van der Waals surface area contributed by atoms with Gasteiger partial charge in [-0.1, -0.05) is 36.8 Å². The highest BCUT2D eigenvalue weighted by atomic mass is 32.2. The normalized spacial score (nSPS) is 11.4. The number of nitrogens with one attached hydrogen (secondary N) is 1. The maximum Gasteiger partial charge on any atom is 0.240 e. The number of carbonyl (C=O) groups excluding carboxylic acids is 1. The maximum absolute atomic E-state index is 12.5. The van der Waals surface area contributed by atoms with E-state index in [0.717, 1.165) is 17.7 Å². The van der Waals surface area contributed by atoms with Crippen LogP contribution in [0.5, 0.6) is 0 Å². The van der Waals surface area contributed by atoms with Crippen LogP contribution in [0.15, 0.2) is 47.4 Å². The molecule has 2 aromatic rings. The molecule has 2 rings (SSSR count). The molecule has 0 spiro atoms. The summed E-state index contributed by atoms with van der Waals surface area (Å²) in [5, 5.41) is 0. The fraction of sp³-hybridized carbons (Fsp3) is 0.350. The van der Waals surface area contributed by atoms with Crippen molar-refractivity contribution in [1.29, 1.82) is 0 Å². The van der Waals surface area contributed by atoms with Gasteiger partial charge in [0.15, 0.2) is 0 Å². The number of hydrogen-bond donors (Lipinski definition) is 1. The molecular formula is C20H26N2O3S. The first-order chi connectivity index (χ1) is 12.2. The molecule has 140 valence electrons. The lowest BCUT2D eigenvalue weighted by atomic mass is 10.1. The van der Waals surface area contributed by atoms with E-state index in [2.05, 4.69) is 11.6 Å². The van der Waals surface area contributed by atoms with Gasteiger partial charge in [0.05, 0.1) is 4.90 Å². The minimum Gasteiger partial charge on any atom is -0.311 e. The SMILES string of the molecule is CCc1ccc(N(CCNS(=O)(=O)c2ccc(C)cc2C)C(C)=O)cc1. The van der Waals surface area contributed by atoms with Crippen LogP contribution in [0.3, 0.4) is 0 Å². The molecule has 0 aromatic heterocycles. The van der Waals surface area contributed by atoms with E-state index in [1.165, 1.54) is 12.5 Å². The van der Waals surface area contributed by atoms with Crippen molar-refractivity contribution in [2.45, 2.75) is 39.0 Å². The van der Waals surface area contributed by atoms with E-state index in [-0.39, 0.29) is 23.9 Å². The first kappa shape index (κ1) is 20.1. The van der Waals surface area contributed by atoms with E-state index < -0.39 is 10.0 Å². The molecule has 0 aliphatic carbocycles. The van der Waals surface area contributed by atoms with Crippen LogP contribution in [-0.2, 0) is 21.2 Å². The average Bonchev–Trinajstić information content (AvgIpc) is 2.58. The van der Waals surface area contributed by atoms with Crippen molar-refractivity contribution in [3.05, 3.63) is 59.2 Å². The summed E-state index contributed by atoms with van der Waals surface area (Å²) in [6.45, 7) is 7.66. The molecule has 0 aliphatic rings. The van der Waals surface area contributed by atoms with Crippen LogP contribution in [0, 0.1) is 13.8 Å². The van der Waals surface area contributed by atoms with Gasteiger partial charge in [-0.25, -0.2) is 13.1 Å². The van der Waals surface area contributed by atoms with Crippen molar-refractivity contribution in [1.82, 2.24) is 4.72 Å². The molecule has 0 heterocycles. The Morgan fingerprint density at radius 2 is 1.73 bits per heavy atom. The molecule has 1 N–H and O–H groups in total. The molecule has 0 saturated carbocycles. The largest absolute Gasteiger partial charge is 0.311 e. The lowest BCUT2D eigenvalue weighted by molar-refractivity contribution is -0.116. The Morgan fingerprint density at radius 3 is 2.27 bits per heavy atom. The highest BCUT2D eigenvalue weighted by molar-refractivity contribution is 7.89. The summed E-state index contributed by atoms with van der Waals surface area (Å²) >= 11 is 0. The fourth-order valence-corrected chi connectivity index (χ4v) is 4.10. The molecule has 0 fully saturated rings. The second-order valence-electron chi connectivity index (χ2n) is 6.36. The third-order valence-electron chi connectivity index (χ3n) is 4.28. The van der Waals surface area contributed by atoms with Crippen molar-refractivity contribution >= 4 is 21.6 Å². The molecular weight excluding hydrogens is 348 g/mol.